The molecule has 0 radical (unpaired) electrons. The molecular weight excluding hydrogens is 450 g/mol. The van der Waals surface area contributed by atoms with Gasteiger partial charge in [-0.15, -0.1) is 0 Å². The maximum absolute atomic E-state index is 12.6. The van der Waals surface area contributed by atoms with E-state index in [4.69, 9.17) is 0 Å². The molecule has 192 valence electrons. The van der Waals surface area contributed by atoms with Crippen molar-refractivity contribution in [1.29, 1.82) is 0 Å². The van der Waals surface area contributed by atoms with E-state index in [0.29, 0.717) is 30.8 Å². The van der Waals surface area contributed by atoms with Crippen LogP contribution in [0.2, 0.25) is 0 Å². The molecule has 0 aliphatic heterocycles. The normalized spacial score (nSPS) is 13.4. The molecule has 2 unspecified atom stereocenters. The molecule has 0 aromatic carbocycles. The zero-order valence-corrected chi connectivity index (χ0v) is 22.2. The van der Waals surface area contributed by atoms with E-state index >= 15 is 0 Å². The summed E-state index contributed by atoms with van der Waals surface area (Å²) in [5.74, 6) is -0.552. The number of nitrogens with one attached hydrogen (secondary N) is 3. The summed E-state index contributed by atoms with van der Waals surface area (Å²) >= 11 is 1.47. The van der Waals surface area contributed by atoms with E-state index in [-0.39, 0.29) is 5.75 Å². The van der Waals surface area contributed by atoms with E-state index in [0.717, 1.165) is 25.7 Å². The first-order valence-electron chi connectivity index (χ1n) is 11.7. The van der Waals surface area contributed by atoms with Crippen LogP contribution in [0.5, 0.6) is 0 Å². The number of carboxylic acids is 1. The lowest BCUT2D eigenvalue weighted by molar-refractivity contribution is -0.141. The van der Waals surface area contributed by atoms with Crippen molar-refractivity contribution in [1.82, 2.24) is 16.0 Å². The summed E-state index contributed by atoms with van der Waals surface area (Å²) < 4.78 is 0. The van der Waals surface area contributed by atoms with Crippen LogP contribution in [0.4, 0.5) is 0 Å². The lowest BCUT2D eigenvalue weighted by Crippen LogP contribution is -2.51. The summed E-state index contributed by atoms with van der Waals surface area (Å²) in [5, 5.41) is 17.5. The Morgan fingerprint density at radius 1 is 0.941 bits per heavy atom. The van der Waals surface area contributed by atoms with E-state index < -0.39 is 24.0 Å². The third kappa shape index (κ3) is 17.1. The number of amides is 2. The average Bonchev–Trinajstić information content (AvgIpc) is 2.74. The smallest absolute Gasteiger partial charge is 0.327 e. The van der Waals surface area contributed by atoms with Gasteiger partial charge < -0.3 is 21.1 Å². The summed E-state index contributed by atoms with van der Waals surface area (Å²) in [6.07, 6.45) is 11.7. The fraction of sp³-hybridized carbons (Fsp3) is 0.577. The lowest BCUT2D eigenvalue weighted by atomic mass is 10.1. The van der Waals surface area contributed by atoms with Crippen molar-refractivity contribution in [3.63, 3.8) is 0 Å². The second kappa shape index (κ2) is 18.9. The largest absolute Gasteiger partial charge is 0.480 e. The molecule has 0 heterocycles. The summed E-state index contributed by atoms with van der Waals surface area (Å²) in [6, 6.07) is -1.66. The van der Waals surface area contributed by atoms with Crippen LogP contribution in [-0.2, 0) is 14.4 Å². The molecule has 0 aliphatic rings. The predicted octanol–water partition coefficient (Wildman–Crippen LogP) is 4.34. The lowest BCUT2D eigenvalue weighted by Gasteiger charge is -2.22. The maximum atomic E-state index is 12.6. The van der Waals surface area contributed by atoms with Crippen LogP contribution < -0.4 is 16.0 Å². The number of aliphatic carboxylic acids is 1. The van der Waals surface area contributed by atoms with E-state index in [9.17, 15) is 19.5 Å². The van der Waals surface area contributed by atoms with Crippen molar-refractivity contribution < 1.29 is 19.5 Å². The third-order valence-electron chi connectivity index (χ3n) is 4.97. The minimum atomic E-state index is -1.07. The fourth-order valence-electron chi connectivity index (χ4n) is 3.03. The molecule has 0 aromatic heterocycles. The molecule has 0 saturated heterocycles. The molecule has 0 aliphatic carbocycles. The maximum Gasteiger partial charge on any atom is 0.327 e. The molecule has 7 nitrogen and oxygen atoms in total. The van der Waals surface area contributed by atoms with Crippen LogP contribution in [0.25, 0.3) is 0 Å². The van der Waals surface area contributed by atoms with Gasteiger partial charge in [-0.05, 0) is 66.7 Å². The number of rotatable bonds is 19. The molecule has 2 atom stereocenters. The molecule has 4 N–H and O–H groups in total. The van der Waals surface area contributed by atoms with Crippen molar-refractivity contribution >= 4 is 30.0 Å². The zero-order valence-electron chi connectivity index (χ0n) is 21.4. The fourth-order valence-corrected chi connectivity index (χ4v) is 4.03. The molecular formula is C26H43N3O4S. The van der Waals surface area contributed by atoms with Gasteiger partial charge in [0.15, 0.2) is 0 Å². The van der Waals surface area contributed by atoms with Gasteiger partial charge in [-0.1, -0.05) is 41.5 Å². The SMILES string of the molecule is C=C(C)NC(CCNC=O)C(=O)NC(CSC/C=C(\C)CC/C=C(\C)CCC=C(C)C)C(=O)O. The third-order valence-corrected chi connectivity index (χ3v) is 5.94. The summed E-state index contributed by atoms with van der Waals surface area (Å²) in [7, 11) is 0. The van der Waals surface area contributed by atoms with E-state index in [1.807, 2.05) is 0 Å². The molecule has 34 heavy (non-hydrogen) atoms. The number of thioether (sulfide) groups is 1. The quantitative estimate of drug-likeness (QED) is 0.121. The van der Waals surface area contributed by atoms with Crippen LogP contribution in [0, 0.1) is 0 Å². The number of carboxylic acid groups (broad SMARTS) is 1. The van der Waals surface area contributed by atoms with Crippen LogP contribution in [0.1, 0.15) is 66.7 Å². The molecule has 8 heteroatoms. The topological polar surface area (TPSA) is 108 Å². The zero-order chi connectivity index (χ0) is 25.9. The molecule has 0 spiro atoms. The highest BCUT2D eigenvalue weighted by atomic mass is 32.2. The van der Waals surface area contributed by atoms with E-state index in [2.05, 4.69) is 68.5 Å². The Bertz CT molecular complexity index is 755. The van der Waals surface area contributed by atoms with E-state index in [1.165, 1.54) is 28.5 Å². The molecule has 0 saturated carbocycles. The molecule has 0 rings (SSSR count). The molecule has 0 fully saturated rings. The van der Waals surface area contributed by atoms with Crippen molar-refractivity contribution in [2.45, 2.75) is 78.8 Å². The number of carbonyl (C=O) groups is 3. The van der Waals surface area contributed by atoms with Crippen LogP contribution in [0.15, 0.2) is 47.2 Å². The molecule has 2 amide bonds. The Morgan fingerprint density at radius 2 is 1.56 bits per heavy atom. The van der Waals surface area contributed by atoms with Crippen molar-refractivity contribution in [2.24, 2.45) is 0 Å². The summed E-state index contributed by atoms with van der Waals surface area (Å²) in [6.45, 7) is 14.2. The number of carbonyl (C=O) groups excluding carboxylic acids is 2. The van der Waals surface area contributed by atoms with Gasteiger partial charge in [-0.2, -0.15) is 11.8 Å². The minimum Gasteiger partial charge on any atom is -0.480 e. The van der Waals surface area contributed by atoms with Gasteiger partial charge in [0.1, 0.15) is 12.1 Å². The van der Waals surface area contributed by atoms with Crippen LogP contribution in [0.3, 0.4) is 0 Å². The van der Waals surface area contributed by atoms with Crippen molar-refractivity contribution in [2.75, 3.05) is 18.1 Å². The van der Waals surface area contributed by atoms with Gasteiger partial charge in [0.05, 0.1) is 0 Å². The first-order chi connectivity index (χ1) is 16.1. The van der Waals surface area contributed by atoms with Gasteiger partial charge in [-0.25, -0.2) is 4.79 Å². The second-order valence-corrected chi connectivity index (χ2v) is 9.81. The molecule has 0 bridgehead atoms. The first kappa shape index (κ1) is 31.5. The van der Waals surface area contributed by atoms with Gasteiger partial charge in [-0.3, -0.25) is 9.59 Å². The number of hydrogen-bond acceptors (Lipinski definition) is 5. The Kier molecular flexibility index (Phi) is 17.5. The van der Waals surface area contributed by atoms with Gasteiger partial charge >= 0.3 is 5.97 Å². The predicted molar refractivity (Wildman–Crippen MR) is 143 cm³/mol. The highest BCUT2D eigenvalue weighted by Gasteiger charge is 2.25. The van der Waals surface area contributed by atoms with E-state index in [1.54, 1.807) is 6.92 Å². The van der Waals surface area contributed by atoms with Crippen molar-refractivity contribution in [3.8, 4) is 0 Å². The standard InChI is InChI=1S/C26H43N3O4S/c1-19(2)9-7-10-21(5)11-8-12-22(6)14-16-34-17-24(26(32)33)29-25(31)23(28-20(3)4)13-15-27-18-30/h9,11,14,18,23-24,28H,3,7-8,10,12-13,15-17H2,1-2,4-6H3,(H,27,30)(H,29,31)(H,32,33)/b21-11+,22-14+. The van der Waals surface area contributed by atoms with Crippen LogP contribution in [-0.4, -0.2) is 53.5 Å². The Hall–Kier alpha value is -2.48. The Balaban J connectivity index is 4.56. The number of hydrogen-bond donors (Lipinski definition) is 4. The van der Waals surface area contributed by atoms with Crippen molar-refractivity contribution in [3.05, 3.63) is 47.2 Å². The monoisotopic (exact) mass is 493 g/mol. The van der Waals surface area contributed by atoms with Gasteiger partial charge in [0.25, 0.3) is 0 Å². The number of allylic oxidation sites excluding steroid dienone is 6. The molecule has 0 aromatic rings. The summed E-state index contributed by atoms with van der Waals surface area (Å²) in [5.41, 5.74) is 4.61. The highest BCUT2D eigenvalue weighted by Crippen LogP contribution is 2.13. The second-order valence-electron chi connectivity index (χ2n) is 8.73. The summed E-state index contributed by atoms with van der Waals surface area (Å²) in [4.78, 5) is 34.7. The Morgan fingerprint density at radius 3 is 2.12 bits per heavy atom. The van der Waals surface area contributed by atoms with Crippen LogP contribution >= 0.6 is 11.8 Å². The minimum absolute atomic E-state index is 0.264. The average molecular weight is 494 g/mol. The first-order valence-corrected chi connectivity index (χ1v) is 12.9. The highest BCUT2D eigenvalue weighted by molar-refractivity contribution is 7.99. The Labute approximate surface area is 209 Å². The van der Waals surface area contributed by atoms with Gasteiger partial charge in [0, 0.05) is 23.7 Å². The van der Waals surface area contributed by atoms with Gasteiger partial charge in [0.2, 0.25) is 12.3 Å².